The van der Waals surface area contributed by atoms with Gasteiger partial charge in [-0.3, -0.25) is 4.79 Å². The van der Waals surface area contributed by atoms with Gasteiger partial charge in [-0.15, -0.1) is 12.4 Å². The highest BCUT2D eigenvalue weighted by atomic mass is 35.5. The lowest BCUT2D eigenvalue weighted by Crippen LogP contribution is -2.51. The molecule has 1 aromatic carbocycles. The summed E-state index contributed by atoms with van der Waals surface area (Å²) in [6, 6.07) is 7.23. The Morgan fingerprint density at radius 1 is 1.30 bits per heavy atom. The van der Waals surface area contributed by atoms with Gasteiger partial charge in [-0.05, 0) is 44.0 Å². The zero-order chi connectivity index (χ0) is 13.7. The molecule has 0 bridgehead atoms. The summed E-state index contributed by atoms with van der Waals surface area (Å²) in [6.07, 6.45) is 4.24. The number of carbonyl (C=O) groups excluding carboxylic acids is 1. The minimum atomic E-state index is -0.199. The summed E-state index contributed by atoms with van der Waals surface area (Å²) in [6.45, 7) is 3.07. The number of hydrogen-bond donors (Lipinski definition) is 2. The molecule has 20 heavy (non-hydrogen) atoms. The summed E-state index contributed by atoms with van der Waals surface area (Å²) in [5.74, 6) is 0.740. The molecule has 112 valence electrons. The van der Waals surface area contributed by atoms with Gasteiger partial charge >= 0.3 is 0 Å². The summed E-state index contributed by atoms with van der Waals surface area (Å²) in [7, 11) is 0. The van der Waals surface area contributed by atoms with Crippen molar-refractivity contribution < 1.29 is 9.53 Å². The Balaban J connectivity index is 0.00000200. The minimum absolute atomic E-state index is 0. The van der Waals surface area contributed by atoms with E-state index in [2.05, 4.69) is 5.32 Å². The van der Waals surface area contributed by atoms with Crippen molar-refractivity contribution in [2.24, 2.45) is 5.73 Å². The highest BCUT2D eigenvalue weighted by molar-refractivity contribution is 5.94. The third-order valence-corrected chi connectivity index (χ3v) is 3.76. The van der Waals surface area contributed by atoms with Crippen LogP contribution < -0.4 is 15.8 Å². The van der Waals surface area contributed by atoms with Crippen molar-refractivity contribution in [1.29, 1.82) is 0 Å². The van der Waals surface area contributed by atoms with Crippen molar-refractivity contribution in [1.82, 2.24) is 5.32 Å². The number of nitrogens with one attached hydrogen (secondary N) is 1. The molecule has 0 heterocycles. The first-order chi connectivity index (χ1) is 9.19. The molecule has 2 rings (SSSR count). The first kappa shape index (κ1) is 16.8. The number of rotatable bonds is 5. The SMILES string of the molecule is CCOc1ccc(C(=O)NC2(CN)CCCC2)cc1.Cl. The van der Waals surface area contributed by atoms with Gasteiger partial charge in [0.2, 0.25) is 0 Å². The second kappa shape index (κ2) is 7.50. The van der Waals surface area contributed by atoms with Gasteiger partial charge in [0.1, 0.15) is 5.75 Å². The normalized spacial score (nSPS) is 16.3. The summed E-state index contributed by atoms with van der Waals surface area (Å²) >= 11 is 0. The number of ether oxygens (including phenoxy) is 1. The topological polar surface area (TPSA) is 64.3 Å². The minimum Gasteiger partial charge on any atom is -0.494 e. The van der Waals surface area contributed by atoms with Gasteiger partial charge in [-0.25, -0.2) is 0 Å². The fourth-order valence-corrected chi connectivity index (χ4v) is 2.61. The lowest BCUT2D eigenvalue weighted by Gasteiger charge is -2.28. The van der Waals surface area contributed by atoms with E-state index in [-0.39, 0.29) is 23.9 Å². The Labute approximate surface area is 126 Å². The molecule has 1 aliphatic carbocycles. The fraction of sp³-hybridized carbons (Fsp3) is 0.533. The molecule has 0 unspecified atom stereocenters. The molecular weight excluding hydrogens is 276 g/mol. The maximum absolute atomic E-state index is 12.2. The Bertz CT molecular complexity index is 428. The van der Waals surface area contributed by atoms with E-state index in [0.717, 1.165) is 31.4 Å². The molecule has 1 aromatic rings. The lowest BCUT2D eigenvalue weighted by atomic mass is 9.97. The third kappa shape index (κ3) is 3.87. The molecule has 3 N–H and O–H groups in total. The molecule has 0 atom stereocenters. The van der Waals surface area contributed by atoms with Crippen molar-refractivity contribution >= 4 is 18.3 Å². The predicted octanol–water partition coefficient (Wildman–Crippen LogP) is 2.51. The first-order valence-corrected chi connectivity index (χ1v) is 6.94. The van der Waals surface area contributed by atoms with E-state index in [4.69, 9.17) is 10.5 Å². The van der Waals surface area contributed by atoms with Crippen molar-refractivity contribution in [2.75, 3.05) is 13.2 Å². The zero-order valence-corrected chi connectivity index (χ0v) is 12.7. The van der Waals surface area contributed by atoms with E-state index in [0.29, 0.717) is 18.7 Å². The van der Waals surface area contributed by atoms with Crippen LogP contribution in [0.15, 0.2) is 24.3 Å². The van der Waals surface area contributed by atoms with Crippen molar-refractivity contribution in [3.63, 3.8) is 0 Å². The molecule has 1 saturated carbocycles. The predicted molar refractivity (Wildman–Crippen MR) is 82.6 cm³/mol. The second-order valence-electron chi connectivity index (χ2n) is 5.10. The van der Waals surface area contributed by atoms with E-state index in [1.165, 1.54) is 0 Å². The summed E-state index contributed by atoms with van der Waals surface area (Å²) in [5.41, 5.74) is 6.28. The van der Waals surface area contributed by atoms with Gasteiger partial charge in [0, 0.05) is 12.1 Å². The van der Waals surface area contributed by atoms with Gasteiger partial charge in [-0.2, -0.15) is 0 Å². The van der Waals surface area contributed by atoms with Crippen LogP contribution in [0.25, 0.3) is 0 Å². The molecule has 0 saturated heterocycles. The third-order valence-electron chi connectivity index (χ3n) is 3.76. The second-order valence-corrected chi connectivity index (χ2v) is 5.10. The van der Waals surface area contributed by atoms with Crippen LogP contribution in [0.3, 0.4) is 0 Å². The molecule has 1 amide bonds. The molecule has 0 radical (unpaired) electrons. The first-order valence-electron chi connectivity index (χ1n) is 6.94. The van der Waals surface area contributed by atoms with Gasteiger partial charge < -0.3 is 15.8 Å². The largest absolute Gasteiger partial charge is 0.494 e. The van der Waals surface area contributed by atoms with Crippen LogP contribution >= 0.6 is 12.4 Å². The number of amides is 1. The molecule has 5 heteroatoms. The van der Waals surface area contributed by atoms with Crippen LogP contribution in [0.5, 0.6) is 5.75 Å². The Hall–Kier alpha value is -1.26. The van der Waals surface area contributed by atoms with Gasteiger partial charge in [0.25, 0.3) is 5.91 Å². The molecule has 0 aliphatic heterocycles. The van der Waals surface area contributed by atoms with Crippen LogP contribution in [-0.4, -0.2) is 24.6 Å². The van der Waals surface area contributed by atoms with Gasteiger partial charge in [0.15, 0.2) is 0 Å². The number of carbonyl (C=O) groups is 1. The maximum atomic E-state index is 12.2. The fourth-order valence-electron chi connectivity index (χ4n) is 2.61. The number of hydrogen-bond acceptors (Lipinski definition) is 3. The Morgan fingerprint density at radius 3 is 2.40 bits per heavy atom. The average Bonchev–Trinajstić information content (AvgIpc) is 2.89. The zero-order valence-electron chi connectivity index (χ0n) is 11.9. The maximum Gasteiger partial charge on any atom is 0.251 e. The lowest BCUT2D eigenvalue weighted by molar-refractivity contribution is 0.0903. The molecule has 0 aromatic heterocycles. The van der Waals surface area contributed by atoms with Crippen LogP contribution in [0.1, 0.15) is 43.0 Å². The number of halogens is 1. The van der Waals surface area contributed by atoms with Crippen molar-refractivity contribution in [3.05, 3.63) is 29.8 Å². The monoisotopic (exact) mass is 298 g/mol. The highest BCUT2D eigenvalue weighted by Gasteiger charge is 2.33. The smallest absolute Gasteiger partial charge is 0.251 e. The van der Waals surface area contributed by atoms with Crippen molar-refractivity contribution in [2.45, 2.75) is 38.1 Å². The van der Waals surface area contributed by atoms with Crippen LogP contribution in [0.4, 0.5) is 0 Å². The molecular formula is C15H23ClN2O2. The summed E-state index contributed by atoms with van der Waals surface area (Å²) in [5, 5.41) is 3.11. The van der Waals surface area contributed by atoms with E-state index in [9.17, 15) is 4.79 Å². The van der Waals surface area contributed by atoms with E-state index in [1.807, 2.05) is 19.1 Å². The van der Waals surface area contributed by atoms with Crippen LogP contribution in [0, 0.1) is 0 Å². The van der Waals surface area contributed by atoms with Crippen LogP contribution in [-0.2, 0) is 0 Å². The average molecular weight is 299 g/mol. The number of benzene rings is 1. The van der Waals surface area contributed by atoms with Gasteiger partial charge in [-0.1, -0.05) is 12.8 Å². The molecule has 1 aliphatic rings. The van der Waals surface area contributed by atoms with Gasteiger partial charge in [0.05, 0.1) is 12.1 Å². The van der Waals surface area contributed by atoms with Crippen molar-refractivity contribution in [3.8, 4) is 5.75 Å². The summed E-state index contributed by atoms with van der Waals surface area (Å²) in [4.78, 5) is 12.2. The number of nitrogens with two attached hydrogens (primary N) is 1. The molecule has 4 nitrogen and oxygen atoms in total. The molecule has 1 fully saturated rings. The highest BCUT2D eigenvalue weighted by Crippen LogP contribution is 2.29. The molecule has 0 spiro atoms. The standard InChI is InChI=1S/C15H22N2O2.ClH/c1-2-19-13-7-5-12(6-8-13)14(18)17-15(11-16)9-3-4-10-15;/h5-8H,2-4,9-11,16H2,1H3,(H,17,18);1H. The van der Waals surface area contributed by atoms with E-state index >= 15 is 0 Å². The summed E-state index contributed by atoms with van der Waals surface area (Å²) < 4.78 is 5.36. The van der Waals surface area contributed by atoms with E-state index in [1.54, 1.807) is 12.1 Å². The Kier molecular flexibility index (Phi) is 6.30. The quantitative estimate of drug-likeness (QED) is 0.878. The Morgan fingerprint density at radius 2 is 1.90 bits per heavy atom. The van der Waals surface area contributed by atoms with E-state index < -0.39 is 0 Å². The van der Waals surface area contributed by atoms with Crippen LogP contribution in [0.2, 0.25) is 0 Å².